The lowest BCUT2D eigenvalue weighted by molar-refractivity contribution is -0.131. The number of hydrogen-bond acceptors (Lipinski definition) is 4. The summed E-state index contributed by atoms with van der Waals surface area (Å²) in [5.74, 6) is -0.581. The number of aromatic nitrogens is 1. The first-order valence-corrected chi connectivity index (χ1v) is 10.8. The minimum atomic E-state index is -1.08. The SMILES string of the molecule is CC1(c2ccc3c(c2)CCC3)NC(=O)N(Cc2csc(-c3ccc(F)cc3)n2)C1=O. The van der Waals surface area contributed by atoms with Crippen molar-refractivity contribution in [3.05, 3.63) is 76.0 Å². The van der Waals surface area contributed by atoms with Crippen LogP contribution in [0.1, 0.15) is 35.7 Å². The van der Waals surface area contributed by atoms with Crippen molar-refractivity contribution in [2.45, 2.75) is 38.3 Å². The number of hydrogen-bond donors (Lipinski definition) is 1. The number of halogens is 1. The molecule has 1 saturated heterocycles. The molecule has 7 heteroatoms. The largest absolute Gasteiger partial charge is 0.325 e. The van der Waals surface area contributed by atoms with Gasteiger partial charge in [0, 0.05) is 10.9 Å². The third kappa shape index (κ3) is 3.10. The first-order chi connectivity index (χ1) is 14.4. The summed E-state index contributed by atoms with van der Waals surface area (Å²) in [6.07, 6.45) is 3.21. The molecular formula is C23H20FN3O2S. The maximum Gasteiger partial charge on any atom is 0.325 e. The van der Waals surface area contributed by atoms with Crippen molar-refractivity contribution >= 4 is 23.3 Å². The standard InChI is InChI=1S/C23H20FN3O2S/c1-23(17-8-5-14-3-2-4-16(14)11-17)21(28)27(22(29)26-23)12-19-13-30-20(25-19)15-6-9-18(24)10-7-15/h5-11,13H,2-4,12H2,1H3,(H,26,29). The highest BCUT2D eigenvalue weighted by atomic mass is 32.1. The van der Waals surface area contributed by atoms with Crippen molar-refractivity contribution in [1.29, 1.82) is 0 Å². The van der Waals surface area contributed by atoms with Gasteiger partial charge in [-0.15, -0.1) is 11.3 Å². The second kappa shape index (κ2) is 7.02. The van der Waals surface area contributed by atoms with Crippen LogP contribution in [0.15, 0.2) is 47.8 Å². The van der Waals surface area contributed by atoms with Gasteiger partial charge in [-0.25, -0.2) is 14.2 Å². The molecule has 0 spiro atoms. The van der Waals surface area contributed by atoms with Gasteiger partial charge in [0.05, 0.1) is 12.2 Å². The summed E-state index contributed by atoms with van der Waals surface area (Å²) in [6, 6.07) is 11.7. The Morgan fingerprint density at radius 2 is 1.90 bits per heavy atom. The van der Waals surface area contributed by atoms with E-state index in [9.17, 15) is 14.0 Å². The van der Waals surface area contributed by atoms with Gasteiger partial charge in [-0.2, -0.15) is 0 Å². The fourth-order valence-corrected chi connectivity index (χ4v) is 5.00. The number of nitrogens with zero attached hydrogens (tertiary/aromatic N) is 2. The summed E-state index contributed by atoms with van der Waals surface area (Å²) < 4.78 is 13.1. The number of fused-ring (bicyclic) bond motifs is 1. The van der Waals surface area contributed by atoms with E-state index in [-0.39, 0.29) is 18.3 Å². The Morgan fingerprint density at radius 3 is 2.70 bits per heavy atom. The van der Waals surface area contributed by atoms with Crippen LogP contribution >= 0.6 is 11.3 Å². The molecule has 1 unspecified atom stereocenters. The molecule has 1 aliphatic carbocycles. The van der Waals surface area contributed by atoms with Gasteiger partial charge in [0.2, 0.25) is 0 Å². The van der Waals surface area contributed by atoms with Crippen molar-refractivity contribution in [3.8, 4) is 10.6 Å². The summed E-state index contributed by atoms with van der Waals surface area (Å²) in [6.45, 7) is 1.86. The molecule has 1 atom stereocenters. The molecule has 5 nitrogen and oxygen atoms in total. The van der Waals surface area contributed by atoms with E-state index < -0.39 is 11.6 Å². The number of thiazole rings is 1. The average molecular weight is 421 g/mol. The molecular weight excluding hydrogens is 401 g/mol. The van der Waals surface area contributed by atoms with E-state index >= 15 is 0 Å². The fourth-order valence-electron chi connectivity index (χ4n) is 4.19. The lowest BCUT2D eigenvalue weighted by atomic mass is 9.89. The van der Waals surface area contributed by atoms with E-state index in [4.69, 9.17) is 0 Å². The van der Waals surface area contributed by atoms with Crippen LogP contribution < -0.4 is 5.32 Å². The molecule has 3 aromatic rings. The molecule has 0 saturated carbocycles. The molecule has 30 heavy (non-hydrogen) atoms. The molecule has 1 aromatic heterocycles. The molecule has 0 radical (unpaired) electrons. The van der Waals surface area contributed by atoms with Crippen LogP contribution in [-0.4, -0.2) is 21.8 Å². The lowest BCUT2D eigenvalue weighted by Gasteiger charge is -2.23. The monoisotopic (exact) mass is 421 g/mol. The Hall–Kier alpha value is -3.06. The van der Waals surface area contributed by atoms with Crippen molar-refractivity contribution < 1.29 is 14.0 Å². The number of imide groups is 1. The van der Waals surface area contributed by atoms with Crippen molar-refractivity contribution in [2.75, 3.05) is 0 Å². The summed E-state index contributed by atoms with van der Waals surface area (Å²) in [4.78, 5) is 31.6. The number of benzene rings is 2. The van der Waals surface area contributed by atoms with Gasteiger partial charge in [-0.1, -0.05) is 18.2 Å². The van der Waals surface area contributed by atoms with E-state index in [1.165, 1.54) is 39.5 Å². The molecule has 0 bridgehead atoms. The smallest absolute Gasteiger partial charge is 0.319 e. The second-order valence-corrected chi connectivity index (χ2v) is 8.79. The minimum Gasteiger partial charge on any atom is -0.319 e. The summed E-state index contributed by atoms with van der Waals surface area (Å²) >= 11 is 1.40. The summed E-state index contributed by atoms with van der Waals surface area (Å²) in [7, 11) is 0. The first-order valence-electron chi connectivity index (χ1n) is 9.91. The maximum absolute atomic E-state index is 13.2. The van der Waals surface area contributed by atoms with E-state index in [0.29, 0.717) is 5.69 Å². The molecule has 2 aromatic carbocycles. The van der Waals surface area contributed by atoms with Crippen LogP contribution in [0.3, 0.4) is 0 Å². The molecule has 5 rings (SSSR count). The van der Waals surface area contributed by atoms with Gasteiger partial charge in [-0.3, -0.25) is 9.69 Å². The Kier molecular flexibility index (Phi) is 4.43. The third-order valence-electron chi connectivity index (χ3n) is 5.91. The Labute approximate surface area is 177 Å². The molecule has 2 heterocycles. The highest BCUT2D eigenvalue weighted by molar-refractivity contribution is 7.13. The third-order valence-corrected chi connectivity index (χ3v) is 6.85. The number of rotatable bonds is 4. The van der Waals surface area contributed by atoms with Gasteiger partial charge >= 0.3 is 6.03 Å². The number of carbonyl (C=O) groups excluding carboxylic acids is 2. The quantitative estimate of drug-likeness (QED) is 0.635. The number of amides is 3. The summed E-state index contributed by atoms with van der Waals surface area (Å²) in [5.41, 5.74) is 3.75. The van der Waals surface area contributed by atoms with Gasteiger partial charge < -0.3 is 5.32 Å². The first kappa shape index (κ1) is 18.9. The Bertz CT molecular complexity index is 1160. The van der Waals surface area contributed by atoms with E-state index in [1.54, 1.807) is 19.1 Å². The second-order valence-electron chi connectivity index (χ2n) is 7.93. The molecule has 1 aliphatic heterocycles. The predicted molar refractivity (Wildman–Crippen MR) is 112 cm³/mol. The van der Waals surface area contributed by atoms with Crippen LogP contribution in [-0.2, 0) is 29.7 Å². The van der Waals surface area contributed by atoms with Crippen LogP contribution in [0.4, 0.5) is 9.18 Å². The van der Waals surface area contributed by atoms with E-state index in [1.807, 2.05) is 11.4 Å². The fraction of sp³-hybridized carbons (Fsp3) is 0.261. The predicted octanol–water partition coefficient (Wildman–Crippen LogP) is 4.41. The zero-order valence-corrected chi connectivity index (χ0v) is 17.3. The topological polar surface area (TPSA) is 62.3 Å². The normalized spacial score (nSPS) is 20.5. The van der Waals surface area contributed by atoms with Crippen molar-refractivity contribution in [1.82, 2.24) is 15.2 Å². The van der Waals surface area contributed by atoms with Crippen LogP contribution in [0.2, 0.25) is 0 Å². The minimum absolute atomic E-state index is 0.100. The number of aryl methyl sites for hydroxylation is 2. The lowest BCUT2D eigenvalue weighted by Crippen LogP contribution is -2.41. The number of nitrogens with one attached hydrogen (secondary N) is 1. The van der Waals surface area contributed by atoms with Crippen LogP contribution in [0.5, 0.6) is 0 Å². The molecule has 1 N–H and O–H groups in total. The van der Waals surface area contributed by atoms with Gasteiger partial charge in [-0.05, 0) is 67.1 Å². The van der Waals surface area contributed by atoms with Crippen molar-refractivity contribution in [2.24, 2.45) is 0 Å². The van der Waals surface area contributed by atoms with E-state index in [2.05, 4.69) is 22.4 Å². The number of urea groups is 1. The van der Waals surface area contributed by atoms with Crippen LogP contribution in [0, 0.1) is 5.82 Å². The van der Waals surface area contributed by atoms with Crippen LogP contribution in [0.25, 0.3) is 10.6 Å². The van der Waals surface area contributed by atoms with Gasteiger partial charge in [0.15, 0.2) is 0 Å². The van der Waals surface area contributed by atoms with Gasteiger partial charge in [0.1, 0.15) is 16.4 Å². The summed E-state index contributed by atoms with van der Waals surface area (Å²) in [5, 5.41) is 5.42. The average Bonchev–Trinajstić information content (AvgIpc) is 3.44. The molecule has 152 valence electrons. The Morgan fingerprint density at radius 1 is 1.13 bits per heavy atom. The highest BCUT2D eigenvalue weighted by Crippen LogP contribution is 2.33. The molecule has 3 amide bonds. The molecule has 1 fully saturated rings. The van der Waals surface area contributed by atoms with Crippen molar-refractivity contribution in [3.63, 3.8) is 0 Å². The van der Waals surface area contributed by atoms with E-state index in [0.717, 1.165) is 35.4 Å². The zero-order valence-electron chi connectivity index (χ0n) is 16.4. The van der Waals surface area contributed by atoms with Gasteiger partial charge in [0.25, 0.3) is 5.91 Å². The number of carbonyl (C=O) groups is 2. The maximum atomic E-state index is 13.2. The zero-order chi connectivity index (χ0) is 20.9. The Balaban J connectivity index is 1.38. The highest BCUT2D eigenvalue weighted by Gasteiger charge is 2.49. The molecule has 2 aliphatic rings.